The highest BCUT2D eigenvalue weighted by atomic mass is 35.5. The minimum Gasteiger partial charge on any atom is -0.618 e. The average Bonchev–Trinajstić information content (AvgIpc) is 3.39. The highest BCUT2D eigenvalue weighted by Crippen LogP contribution is 2.29. The molecule has 40 heavy (non-hydrogen) atoms. The van der Waals surface area contributed by atoms with Gasteiger partial charge in [-0.3, -0.25) is 9.59 Å². The Bertz CT molecular complexity index is 1560. The number of pyridine rings is 1. The number of nitrogens with one attached hydrogen (secondary N) is 3. The van der Waals surface area contributed by atoms with Gasteiger partial charge < -0.3 is 25.7 Å². The first-order valence-corrected chi connectivity index (χ1v) is 13.7. The number of fused-ring (bicyclic) bond motifs is 1. The number of anilines is 1. The van der Waals surface area contributed by atoms with Gasteiger partial charge in [0, 0.05) is 54.9 Å². The predicted molar refractivity (Wildman–Crippen MR) is 156 cm³/mol. The number of benzene rings is 2. The maximum atomic E-state index is 13.7. The van der Waals surface area contributed by atoms with E-state index in [4.69, 9.17) is 11.6 Å². The quantitative estimate of drug-likeness (QED) is 0.226. The normalized spacial score (nSPS) is 14.2. The summed E-state index contributed by atoms with van der Waals surface area (Å²) in [4.78, 5) is 27.2. The molecule has 0 saturated heterocycles. The van der Waals surface area contributed by atoms with Gasteiger partial charge in [0.15, 0.2) is 11.9 Å². The molecule has 0 fully saturated rings. The third-order valence-electron chi connectivity index (χ3n) is 7.57. The summed E-state index contributed by atoms with van der Waals surface area (Å²) in [6.45, 7) is 7.77. The van der Waals surface area contributed by atoms with Crippen LogP contribution in [0.3, 0.4) is 0 Å². The van der Waals surface area contributed by atoms with Crippen LogP contribution in [0.25, 0.3) is 11.1 Å². The molecule has 5 rings (SSSR count). The zero-order chi connectivity index (χ0) is 28.4. The standard InChI is InChI=1S/C31H32ClN5O3/c1-19-14-16-37(40)21(3)28(19)22-8-10-23(11-9-22)34-31(39)29(20(2)25-6-4-5-7-26(25)32)35-30(38)27-13-12-24-18-33-15-17-36(24)27/h4-14,16,20,29,33H,15,17-18H2,1-3H3,(H,34,39)(H,35,38)/t20?,29-/m0/s1. The Morgan fingerprint density at radius 1 is 1.05 bits per heavy atom. The summed E-state index contributed by atoms with van der Waals surface area (Å²) >= 11 is 6.49. The fraction of sp³-hybridized carbons (Fsp3) is 0.258. The van der Waals surface area contributed by atoms with Crippen molar-refractivity contribution in [3.8, 4) is 11.1 Å². The number of carbonyl (C=O) groups excluding carboxylic acids is 2. The van der Waals surface area contributed by atoms with Crippen LogP contribution >= 0.6 is 11.6 Å². The predicted octanol–water partition coefficient (Wildman–Crippen LogP) is 4.70. The summed E-state index contributed by atoms with van der Waals surface area (Å²) in [5.41, 5.74) is 6.22. The molecule has 2 amide bonds. The highest BCUT2D eigenvalue weighted by molar-refractivity contribution is 6.31. The Balaban J connectivity index is 1.41. The zero-order valence-corrected chi connectivity index (χ0v) is 23.5. The number of rotatable bonds is 7. The summed E-state index contributed by atoms with van der Waals surface area (Å²) in [6.07, 6.45) is 1.50. The lowest BCUT2D eigenvalue weighted by Gasteiger charge is -2.26. The first kappa shape index (κ1) is 27.4. The van der Waals surface area contributed by atoms with Crippen LogP contribution in [0.5, 0.6) is 0 Å². The molecule has 0 spiro atoms. The Morgan fingerprint density at radius 3 is 2.55 bits per heavy atom. The van der Waals surface area contributed by atoms with E-state index in [0.717, 1.165) is 39.2 Å². The molecular formula is C31H32ClN5O3. The van der Waals surface area contributed by atoms with Crippen molar-refractivity contribution in [2.75, 3.05) is 11.9 Å². The van der Waals surface area contributed by atoms with Crippen molar-refractivity contribution in [2.45, 2.75) is 45.8 Å². The lowest BCUT2D eigenvalue weighted by molar-refractivity contribution is -0.611. The Labute approximate surface area is 238 Å². The van der Waals surface area contributed by atoms with Crippen LogP contribution in [0.15, 0.2) is 72.9 Å². The molecule has 3 N–H and O–H groups in total. The van der Waals surface area contributed by atoms with E-state index in [0.29, 0.717) is 35.2 Å². The van der Waals surface area contributed by atoms with Gasteiger partial charge in [-0.2, -0.15) is 4.73 Å². The molecule has 206 valence electrons. The fourth-order valence-corrected chi connectivity index (χ4v) is 5.65. The topological polar surface area (TPSA) is 102 Å². The maximum absolute atomic E-state index is 13.7. The summed E-state index contributed by atoms with van der Waals surface area (Å²) in [5.74, 6) is -1.08. The van der Waals surface area contributed by atoms with Crippen molar-refractivity contribution in [1.29, 1.82) is 0 Å². The average molecular weight is 558 g/mol. The van der Waals surface area contributed by atoms with Gasteiger partial charge in [0.25, 0.3) is 5.91 Å². The Morgan fingerprint density at radius 2 is 1.80 bits per heavy atom. The lowest BCUT2D eigenvalue weighted by atomic mass is 9.92. The maximum Gasteiger partial charge on any atom is 0.268 e. The van der Waals surface area contributed by atoms with Crippen LogP contribution in [0.1, 0.15) is 45.8 Å². The smallest absolute Gasteiger partial charge is 0.268 e. The molecule has 2 atom stereocenters. The number of hydrogen-bond donors (Lipinski definition) is 3. The molecule has 9 heteroatoms. The van der Waals surface area contributed by atoms with E-state index >= 15 is 0 Å². The molecule has 1 unspecified atom stereocenters. The second-order valence-electron chi connectivity index (χ2n) is 10.2. The van der Waals surface area contributed by atoms with E-state index in [1.165, 1.54) is 6.20 Å². The molecule has 1 aliphatic heterocycles. The largest absolute Gasteiger partial charge is 0.618 e. The van der Waals surface area contributed by atoms with Crippen molar-refractivity contribution in [2.24, 2.45) is 0 Å². The summed E-state index contributed by atoms with van der Waals surface area (Å²) in [7, 11) is 0. The number of aromatic nitrogens is 2. The van der Waals surface area contributed by atoms with E-state index in [1.54, 1.807) is 37.3 Å². The molecule has 2 aromatic carbocycles. The summed E-state index contributed by atoms with van der Waals surface area (Å²) in [6, 6.07) is 19.3. The second-order valence-corrected chi connectivity index (χ2v) is 10.6. The number of amides is 2. The number of aryl methyl sites for hydroxylation is 1. The molecule has 0 bridgehead atoms. The van der Waals surface area contributed by atoms with Gasteiger partial charge in [0.2, 0.25) is 5.91 Å². The molecule has 2 aromatic heterocycles. The number of hydrogen-bond acceptors (Lipinski definition) is 4. The van der Waals surface area contributed by atoms with Gasteiger partial charge in [-0.25, -0.2) is 0 Å². The van der Waals surface area contributed by atoms with Gasteiger partial charge >= 0.3 is 0 Å². The minimum atomic E-state index is -0.891. The highest BCUT2D eigenvalue weighted by Gasteiger charge is 2.31. The zero-order valence-electron chi connectivity index (χ0n) is 22.7. The second kappa shape index (κ2) is 11.5. The number of halogens is 1. The van der Waals surface area contributed by atoms with Crippen molar-refractivity contribution >= 4 is 29.1 Å². The van der Waals surface area contributed by atoms with Gasteiger partial charge in [0.05, 0.1) is 5.56 Å². The third-order valence-corrected chi connectivity index (χ3v) is 7.92. The van der Waals surface area contributed by atoms with Crippen LogP contribution in [-0.4, -0.2) is 29.0 Å². The Hall–Kier alpha value is -4.14. The van der Waals surface area contributed by atoms with Gasteiger partial charge in [0.1, 0.15) is 11.7 Å². The van der Waals surface area contributed by atoms with Gasteiger partial charge in [-0.05, 0) is 53.9 Å². The first-order valence-electron chi connectivity index (χ1n) is 13.3. The molecule has 8 nitrogen and oxygen atoms in total. The molecule has 4 aromatic rings. The SMILES string of the molecule is Cc1cc[n+]([O-])c(C)c1-c1ccc(NC(=O)[C@@H](NC(=O)c2ccc3n2CCNC3)C(C)c2ccccc2Cl)cc1. The van der Waals surface area contributed by atoms with Crippen molar-refractivity contribution in [3.63, 3.8) is 0 Å². The van der Waals surface area contributed by atoms with Crippen molar-refractivity contribution < 1.29 is 14.3 Å². The van der Waals surface area contributed by atoms with Crippen molar-refractivity contribution in [3.05, 3.63) is 111 Å². The molecule has 0 saturated carbocycles. The van der Waals surface area contributed by atoms with Crippen LogP contribution in [0.4, 0.5) is 5.69 Å². The van der Waals surface area contributed by atoms with Crippen LogP contribution in [0.2, 0.25) is 5.02 Å². The van der Waals surface area contributed by atoms with Crippen LogP contribution in [-0.2, 0) is 17.9 Å². The van der Waals surface area contributed by atoms with E-state index in [1.807, 2.05) is 54.8 Å². The summed E-state index contributed by atoms with van der Waals surface area (Å²) < 4.78 is 2.83. The monoisotopic (exact) mass is 557 g/mol. The van der Waals surface area contributed by atoms with E-state index < -0.39 is 12.0 Å². The number of nitrogens with zero attached hydrogens (tertiary/aromatic N) is 2. The first-order chi connectivity index (χ1) is 19.2. The molecular weight excluding hydrogens is 526 g/mol. The Kier molecular flexibility index (Phi) is 7.91. The van der Waals surface area contributed by atoms with E-state index in [-0.39, 0.29) is 11.8 Å². The number of carbonyl (C=O) groups is 2. The molecule has 1 aliphatic rings. The minimum absolute atomic E-state index is 0.316. The fourth-order valence-electron chi connectivity index (χ4n) is 5.34. The molecule has 0 radical (unpaired) electrons. The lowest BCUT2D eigenvalue weighted by Crippen LogP contribution is -2.47. The van der Waals surface area contributed by atoms with E-state index in [9.17, 15) is 14.8 Å². The third kappa shape index (κ3) is 5.46. The van der Waals surface area contributed by atoms with Gasteiger partial charge in [-0.1, -0.05) is 48.9 Å². The summed E-state index contributed by atoms with van der Waals surface area (Å²) in [5, 5.41) is 21.9. The molecule has 0 aliphatic carbocycles. The molecule has 3 heterocycles. The van der Waals surface area contributed by atoms with Crippen LogP contribution in [0, 0.1) is 19.1 Å². The van der Waals surface area contributed by atoms with Crippen LogP contribution < -0.4 is 20.7 Å². The van der Waals surface area contributed by atoms with E-state index in [2.05, 4.69) is 16.0 Å². The van der Waals surface area contributed by atoms with Gasteiger partial charge in [-0.15, -0.1) is 0 Å². The van der Waals surface area contributed by atoms with Crippen molar-refractivity contribution in [1.82, 2.24) is 15.2 Å².